The first-order chi connectivity index (χ1) is 14.9. The Balaban J connectivity index is 1.98. The number of amides is 2. The lowest BCUT2D eigenvalue weighted by molar-refractivity contribution is -0.129. The molecule has 1 aromatic carbocycles. The molecule has 0 spiro atoms. The average Bonchev–Trinajstić information content (AvgIpc) is 3.24. The first-order valence-electron chi connectivity index (χ1n) is 9.85. The van der Waals surface area contributed by atoms with E-state index < -0.39 is 11.9 Å². The van der Waals surface area contributed by atoms with Crippen LogP contribution in [0.1, 0.15) is 31.2 Å². The summed E-state index contributed by atoms with van der Waals surface area (Å²) in [5, 5.41) is 17.3. The van der Waals surface area contributed by atoms with E-state index in [0.29, 0.717) is 23.7 Å². The number of hydrazone groups is 1. The van der Waals surface area contributed by atoms with Gasteiger partial charge in [0.2, 0.25) is 5.91 Å². The van der Waals surface area contributed by atoms with Crippen molar-refractivity contribution in [1.29, 1.82) is 5.26 Å². The number of ether oxygens (including phenoxy) is 2. The molecule has 164 valence electrons. The zero-order valence-electron chi connectivity index (χ0n) is 17.8. The van der Waals surface area contributed by atoms with E-state index in [4.69, 9.17) is 14.7 Å². The zero-order chi connectivity index (χ0) is 22.6. The van der Waals surface area contributed by atoms with Crippen LogP contribution in [0.5, 0.6) is 11.5 Å². The molecule has 2 N–H and O–H groups in total. The van der Waals surface area contributed by atoms with Crippen LogP contribution in [0.3, 0.4) is 0 Å². The van der Waals surface area contributed by atoms with E-state index in [2.05, 4.69) is 15.8 Å². The number of benzene rings is 1. The van der Waals surface area contributed by atoms with Crippen LogP contribution in [0, 0.1) is 17.2 Å². The van der Waals surface area contributed by atoms with Crippen LogP contribution >= 0.6 is 11.3 Å². The lowest BCUT2D eigenvalue weighted by Crippen LogP contribution is -2.49. The van der Waals surface area contributed by atoms with E-state index >= 15 is 0 Å². The Labute approximate surface area is 185 Å². The normalized spacial score (nSPS) is 11.7. The summed E-state index contributed by atoms with van der Waals surface area (Å²) in [7, 11) is 0. The number of thiophene rings is 1. The van der Waals surface area contributed by atoms with Crippen molar-refractivity contribution in [1.82, 2.24) is 10.7 Å². The fourth-order valence-corrected chi connectivity index (χ4v) is 3.38. The topological polar surface area (TPSA) is 113 Å². The predicted octanol–water partition coefficient (Wildman–Crippen LogP) is 2.88. The van der Waals surface area contributed by atoms with Crippen molar-refractivity contribution in [3.05, 3.63) is 46.2 Å². The van der Waals surface area contributed by atoms with Gasteiger partial charge in [0.1, 0.15) is 12.1 Å². The molecule has 0 saturated heterocycles. The number of rotatable bonds is 11. The Morgan fingerprint density at radius 3 is 2.71 bits per heavy atom. The van der Waals surface area contributed by atoms with Gasteiger partial charge in [-0.2, -0.15) is 10.4 Å². The Bertz CT molecular complexity index is 935. The first kappa shape index (κ1) is 23.9. The van der Waals surface area contributed by atoms with Gasteiger partial charge in [-0.3, -0.25) is 9.59 Å². The Morgan fingerprint density at radius 2 is 2.06 bits per heavy atom. The maximum atomic E-state index is 12.5. The van der Waals surface area contributed by atoms with Crippen molar-refractivity contribution >= 4 is 29.4 Å². The quantitative estimate of drug-likeness (QED) is 0.410. The van der Waals surface area contributed by atoms with Gasteiger partial charge in [-0.05, 0) is 48.1 Å². The molecule has 0 aliphatic carbocycles. The van der Waals surface area contributed by atoms with Crippen LogP contribution in [-0.4, -0.2) is 37.3 Å². The minimum absolute atomic E-state index is 0.0850. The number of hydrogen-bond acceptors (Lipinski definition) is 7. The predicted molar refractivity (Wildman–Crippen MR) is 119 cm³/mol. The molecule has 1 aromatic heterocycles. The van der Waals surface area contributed by atoms with Crippen molar-refractivity contribution in [2.24, 2.45) is 11.0 Å². The third-order valence-electron chi connectivity index (χ3n) is 4.13. The van der Waals surface area contributed by atoms with Crippen molar-refractivity contribution < 1.29 is 19.1 Å². The number of carbonyl (C=O) groups is 2. The summed E-state index contributed by atoms with van der Waals surface area (Å²) in [5.41, 5.74) is 3.16. The van der Waals surface area contributed by atoms with E-state index in [-0.39, 0.29) is 24.9 Å². The van der Waals surface area contributed by atoms with Crippen LogP contribution in [0.2, 0.25) is 0 Å². The molecule has 1 atom stereocenters. The molecule has 0 bridgehead atoms. The smallest absolute Gasteiger partial charge is 0.262 e. The molecule has 0 radical (unpaired) electrons. The number of nitrogens with zero attached hydrogens (tertiary/aromatic N) is 2. The first-order valence-corrected chi connectivity index (χ1v) is 10.7. The van der Waals surface area contributed by atoms with Gasteiger partial charge >= 0.3 is 0 Å². The van der Waals surface area contributed by atoms with Crippen LogP contribution in [-0.2, 0) is 16.0 Å². The summed E-state index contributed by atoms with van der Waals surface area (Å²) < 4.78 is 10.9. The summed E-state index contributed by atoms with van der Waals surface area (Å²) >= 11 is 1.50. The SMILES string of the molecule is CCOc1cc(C=NNC(=O)C(NC(=O)Cc2cccs2)C(C)C)ccc1OCC#N. The largest absolute Gasteiger partial charge is 0.490 e. The average molecular weight is 443 g/mol. The van der Waals surface area contributed by atoms with Crippen molar-refractivity contribution in [2.75, 3.05) is 13.2 Å². The second-order valence-electron chi connectivity index (χ2n) is 6.87. The maximum Gasteiger partial charge on any atom is 0.262 e. The summed E-state index contributed by atoms with van der Waals surface area (Å²) in [6, 6.07) is 10.1. The van der Waals surface area contributed by atoms with Crippen LogP contribution in [0.4, 0.5) is 0 Å². The molecule has 8 nitrogen and oxygen atoms in total. The highest BCUT2D eigenvalue weighted by Crippen LogP contribution is 2.28. The minimum atomic E-state index is -0.703. The highest BCUT2D eigenvalue weighted by molar-refractivity contribution is 7.10. The molecular weight excluding hydrogens is 416 g/mol. The van der Waals surface area contributed by atoms with Crippen LogP contribution < -0.4 is 20.2 Å². The van der Waals surface area contributed by atoms with Crippen molar-refractivity contribution in [3.63, 3.8) is 0 Å². The van der Waals surface area contributed by atoms with Gasteiger partial charge in [-0.1, -0.05) is 19.9 Å². The lowest BCUT2D eigenvalue weighted by Gasteiger charge is -2.20. The van der Waals surface area contributed by atoms with Crippen LogP contribution in [0.15, 0.2) is 40.8 Å². The molecular formula is C22H26N4O4S. The summed E-state index contributed by atoms with van der Waals surface area (Å²) in [5.74, 6) is 0.217. The van der Waals surface area contributed by atoms with Gasteiger partial charge in [-0.15, -0.1) is 11.3 Å². The van der Waals surface area contributed by atoms with Crippen LogP contribution in [0.25, 0.3) is 0 Å². The highest BCUT2D eigenvalue weighted by Gasteiger charge is 2.24. The fraction of sp³-hybridized carbons (Fsp3) is 0.364. The van der Waals surface area contributed by atoms with E-state index in [1.165, 1.54) is 17.6 Å². The van der Waals surface area contributed by atoms with Crippen molar-refractivity contribution in [2.45, 2.75) is 33.2 Å². The molecule has 0 aliphatic heterocycles. The molecule has 1 heterocycles. The molecule has 2 rings (SSSR count). The van der Waals surface area contributed by atoms with Gasteiger partial charge in [0.25, 0.3) is 5.91 Å². The summed E-state index contributed by atoms with van der Waals surface area (Å²) in [6.45, 7) is 5.90. The minimum Gasteiger partial charge on any atom is -0.490 e. The fourth-order valence-electron chi connectivity index (χ4n) is 2.67. The molecule has 0 saturated carbocycles. The van der Waals surface area contributed by atoms with E-state index in [0.717, 1.165) is 4.88 Å². The number of nitriles is 1. The Kier molecular flexibility index (Phi) is 9.52. The highest BCUT2D eigenvalue weighted by atomic mass is 32.1. The number of nitrogens with one attached hydrogen (secondary N) is 2. The lowest BCUT2D eigenvalue weighted by atomic mass is 10.0. The molecule has 2 amide bonds. The summed E-state index contributed by atoms with van der Waals surface area (Å²) in [6.07, 6.45) is 1.71. The standard InChI is InChI=1S/C22H26N4O4S/c1-4-29-19-12-16(7-8-18(19)30-10-9-23)14-24-26-22(28)21(15(2)3)25-20(27)13-17-6-5-11-31-17/h5-8,11-12,14-15,21H,4,10,13H2,1-3H3,(H,25,27)(H,26,28). The monoisotopic (exact) mass is 442 g/mol. The molecule has 9 heteroatoms. The zero-order valence-corrected chi connectivity index (χ0v) is 18.6. The number of carbonyl (C=O) groups excluding carboxylic acids is 2. The van der Waals surface area contributed by atoms with E-state index in [9.17, 15) is 9.59 Å². The maximum absolute atomic E-state index is 12.5. The Morgan fingerprint density at radius 1 is 1.26 bits per heavy atom. The molecule has 2 aromatic rings. The molecule has 0 fully saturated rings. The van der Waals surface area contributed by atoms with E-state index in [1.54, 1.807) is 18.2 Å². The van der Waals surface area contributed by atoms with Gasteiger partial charge in [0.05, 0.1) is 19.2 Å². The number of hydrogen-bond donors (Lipinski definition) is 2. The Hall–Kier alpha value is -3.38. The van der Waals surface area contributed by atoms with Crippen molar-refractivity contribution in [3.8, 4) is 17.6 Å². The van der Waals surface area contributed by atoms with Gasteiger partial charge in [0.15, 0.2) is 18.1 Å². The second-order valence-corrected chi connectivity index (χ2v) is 7.90. The van der Waals surface area contributed by atoms with E-state index in [1.807, 2.05) is 44.4 Å². The van der Waals surface area contributed by atoms with Gasteiger partial charge < -0.3 is 14.8 Å². The third-order valence-corrected chi connectivity index (χ3v) is 5.01. The van der Waals surface area contributed by atoms with Gasteiger partial charge in [0, 0.05) is 4.88 Å². The molecule has 1 unspecified atom stereocenters. The van der Waals surface area contributed by atoms with Gasteiger partial charge in [-0.25, -0.2) is 5.43 Å². The second kappa shape index (κ2) is 12.3. The third kappa shape index (κ3) is 7.75. The molecule has 0 aliphatic rings. The molecule has 31 heavy (non-hydrogen) atoms. The summed E-state index contributed by atoms with van der Waals surface area (Å²) in [4.78, 5) is 25.7.